The van der Waals surface area contributed by atoms with E-state index in [0.29, 0.717) is 23.4 Å². The van der Waals surface area contributed by atoms with Crippen LogP contribution in [0.3, 0.4) is 0 Å². The molecule has 248 valence electrons. The number of aliphatic hydroxyl groups is 1. The number of nitrogens with zero attached hydrogens (tertiary/aromatic N) is 3. The summed E-state index contributed by atoms with van der Waals surface area (Å²) in [5, 5.41) is 9.72. The molecule has 47 heavy (non-hydrogen) atoms. The lowest BCUT2D eigenvalue weighted by molar-refractivity contribution is -0.164. The largest absolute Gasteiger partial charge is 0.497 e. The van der Waals surface area contributed by atoms with Crippen LogP contribution >= 0.6 is 0 Å². The first-order valence-corrected chi connectivity index (χ1v) is 16.1. The minimum atomic E-state index is -1.47. The van der Waals surface area contributed by atoms with Crippen LogP contribution in [0.1, 0.15) is 37.9 Å². The third kappa shape index (κ3) is 5.72. The van der Waals surface area contributed by atoms with Gasteiger partial charge in [-0.1, -0.05) is 54.6 Å². The first-order chi connectivity index (χ1) is 22.7. The van der Waals surface area contributed by atoms with Crippen LogP contribution in [0, 0.1) is 11.8 Å². The fourth-order valence-electron chi connectivity index (χ4n) is 7.36. The van der Waals surface area contributed by atoms with E-state index >= 15 is 0 Å². The first kappa shape index (κ1) is 32.5. The van der Waals surface area contributed by atoms with E-state index in [1.165, 1.54) is 4.90 Å². The quantitative estimate of drug-likeness (QED) is 0.376. The molecule has 1 spiro atoms. The standard InChI is InChI=1S/C36H41N3O8/c1-23-31(24-11-5-4-6-12-24)46-35(44)29-27(13-7-8-14-28(41)37(23)2)47-36-19-9-20-38(25-15-17-26(45-3)18-16-25)34(43)32(36)39(21-10-22-40)33(42)30(29)36/h4-7,9,11-13,15-19,23,27,29-32,40H,8,10,14,20-22H2,1-3H3/b13-7-/t23-,27-,29+,30+,31+,32-,36+/m0/s1. The maximum atomic E-state index is 14.6. The van der Waals surface area contributed by atoms with Gasteiger partial charge in [-0.3, -0.25) is 19.2 Å². The van der Waals surface area contributed by atoms with Gasteiger partial charge in [-0.25, -0.2) is 0 Å². The summed E-state index contributed by atoms with van der Waals surface area (Å²) in [6.45, 7) is 1.99. The summed E-state index contributed by atoms with van der Waals surface area (Å²) in [6.07, 6.45) is 6.29. The van der Waals surface area contributed by atoms with Gasteiger partial charge in [-0.05, 0) is 49.6 Å². The van der Waals surface area contributed by atoms with Crippen molar-refractivity contribution in [1.29, 1.82) is 0 Å². The predicted molar refractivity (Wildman–Crippen MR) is 172 cm³/mol. The Kier molecular flexibility index (Phi) is 9.20. The van der Waals surface area contributed by atoms with Gasteiger partial charge >= 0.3 is 5.97 Å². The Morgan fingerprint density at radius 3 is 2.45 bits per heavy atom. The van der Waals surface area contributed by atoms with E-state index in [9.17, 15) is 24.3 Å². The van der Waals surface area contributed by atoms with E-state index in [4.69, 9.17) is 14.2 Å². The first-order valence-electron chi connectivity index (χ1n) is 16.1. The molecule has 2 aromatic rings. The molecule has 1 N–H and O–H groups in total. The average molecular weight is 644 g/mol. The smallest absolute Gasteiger partial charge is 0.313 e. The summed E-state index contributed by atoms with van der Waals surface area (Å²) in [4.78, 5) is 61.2. The van der Waals surface area contributed by atoms with Crippen molar-refractivity contribution < 1.29 is 38.5 Å². The molecule has 11 heteroatoms. The van der Waals surface area contributed by atoms with E-state index in [1.807, 2.05) is 43.3 Å². The van der Waals surface area contributed by atoms with Crippen LogP contribution in [0.25, 0.3) is 0 Å². The number of carbonyl (C=O) groups is 4. The van der Waals surface area contributed by atoms with E-state index < -0.39 is 53.6 Å². The molecule has 2 fully saturated rings. The molecule has 11 nitrogen and oxygen atoms in total. The molecule has 7 atom stereocenters. The van der Waals surface area contributed by atoms with Crippen LogP contribution < -0.4 is 9.64 Å². The number of benzene rings is 2. The van der Waals surface area contributed by atoms with E-state index in [1.54, 1.807) is 66.5 Å². The molecule has 4 aliphatic rings. The predicted octanol–water partition coefficient (Wildman–Crippen LogP) is 3.04. The monoisotopic (exact) mass is 643 g/mol. The number of hydrogen-bond acceptors (Lipinski definition) is 8. The van der Waals surface area contributed by atoms with E-state index in [2.05, 4.69) is 0 Å². The number of aliphatic hydroxyl groups excluding tert-OH is 1. The van der Waals surface area contributed by atoms with Gasteiger partial charge in [0.15, 0.2) is 0 Å². The van der Waals surface area contributed by atoms with Crippen molar-refractivity contribution in [1.82, 2.24) is 9.80 Å². The highest BCUT2D eigenvalue weighted by atomic mass is 16.6. The SMILES string of the molecule is COc1ccc(N2CC=C[C@@]34O[C@H]5/C=C\CCC(=O)N(C)[C@@H](C)[C@H](c6ccccc6)OC(=O)[C@H]5[C@@H]3C(=O)N(CCCO)[C@H]4C2=O)cc1. The number of fused-ring (bicyclic) bond motifs is 2. The van der Waals surface area contributed by atoms with E-state index in [0.717, 1.165) is 0 Å². The molecule has 0 bridgehead atoms. The molecule has 2 saturated heterocycles. The van der Waals surface area contributed by atoms with Crippen molar-refractivity contribution in [2.75, 3.05) is 38.8 Å². The highest BCUT2D eigenvalue weighted by molar-refractivity contribution is 6.05. The molecule has 0 aliphatic carbocycles. The zero-order chi connectivity index (χ0) is 33.3. The maximum absolute atomic E-state index is 14.6. The third-order valence-electron chi connectivity index (χ3n) is 9.87. The lowest BCUT2D eigenvalue weighted by Gasteiger charge is -2.35. The zero-order valence-electron chi connectivity index (χ0n) is 26.9. The van der Waals surface area contributed by atoms with Gasteiger partial charge < -0.3 is 34.0 Å². The summed E-state index contributed by atoms with van der Waals surface area (Å²) < 4.78 is 18.3. The van der Waals surface area contributed by atoms with Crippen LogP contribution in [0.4, 0.5) is 5.69 Å². The molecule has 2 aromatic carbocycles. The zero-order valence-corrected chi connectivity index (χ0v) is 26.9. The van der Waals surface area contributed by atoms with Crippen molar-refractivity contribution in [3.8, 4) is 5.75 Å². The second-order valence-electron chi connectivity index (χ2n) is 12.5. The van der Waals surface area contributed by atoms with Gasteiger partial charge in [0.2, 0.25) is 11.8 Å². The number of likely N-dealkylation sites (tertiary alicyclic amines) is 1. The van der Waals surface area contributed by atoms with E-state index in [-0.39, 0.29) is 44.4 Å². The summed E-state index contributed by atoms with van der Waals surface area (Å²) in [5.74, 6) is -2.98. The van der Waals surface area contributed by atoms with Gasteiger partial charge in [0.25, 0.3) is 5.91 Å². The van der Waals surface area contributed by atoms with Gasteiger partial charge in [0.1, 0.15) is 29.4 Å². The number of ether oxygens (including phenoxy) is 3. The molecular formula is C36H41N3O8. The Hall–Kier alpha value is -4.48. The summed E-state index contributed by atoms with van der Waals surface area (Å²) >= 11 is 0. The molecule has 0 aromatic heterocycles. The molecule has 0 unspecified atom stereocenters. The Labute approximate surface area is 274 Å². The van der Waals surface area contributed by atoms with Crippen molar-refractivity contribution in [3.63, 3.8) is 0 Å². The number of likely N-dealkylation sites (N-methyl/N-ethyl adjacent to an activating group) is 1. The number of allylic oxidation sites excluding steroid dienone is 1. The minimum Gasteiger partial charge on any atom is -0.497 e. The lowest BCUT2D eigenvalue weighted by Crippen LogP contribution is -2.55. The van der Waals surface area contributed by atoms with Gasteiger partial charge in [-0.15, -0.1) is 0 Å². The number of amides is 3. The van der Waals surface area contributed by atoms with Crippen LogP contribution in [-0.4, -0.2) is 96.2 Å². The van der Waals surface area contributed by atoms with Crippen molar-refractivity contribution in [3.05, 3.63) is 84.5 Å². The number of methoxy groups -OCH3 is 1. The molecule has 4 aliphatic heterocycles. The Bertz CT molecular complexity index is 1560. The van der Waals surface area contributed by atoms with Crippen molar-refractivity contribution in [2.24, 2.45) is 11.8 Å². The second kappa shape index (κ2) is 13.3. The third-order valence-corrected chi connectivity index (χ3v) is 9.87. The van der Waals surface area contributed by atoms with Crippen molar-refractivity contribution >= 4 is 29.4 Å². The minimum absolute atomic E-state index is 0.0928. The number of anilines is 1. The number of esters is 1. The second-order valence-corrected chi connectivity index (χ2v) is 12.5. The van der Waals surface area contributed by atoms with Crippen LogP contribution in [0.5, 0.6) is 5.75 Å². The van der Waals surface area contributed by atoms with Gasteiger partial charge in [0.05, 0.1) is 25.2 Å². The van der Waals surface area contributed by atoms with Crippen LogP contribution in [-0.2, 0) is 28.7 Å². The number of cyclic esters (lactones) is 1. The summed E-state index contributed by atoms with van der Waals surface area (Å²) in [5.41, 5.74) is -0.136. The number of hydrogen-bond donors (Lipinski definition) is 1. The average Bonchev–Trinajstić information content (AvgIpc) is 3.47. The van der Waals surface area contributed by atoms with Crippen LogP contribution in [0.15, 0.2) is 78.9 Å². The fourth-order valence-corrected chi connectivity index (χ4v) is 7.36. The Morgan fingerprint density at radius 1 is 1.00 bits per heavy atom. The highest BCUT2D eigenvalue weighted by Gasteiger charge is 2.71. The molecule has 3 amide bonds. The van der Waals surface area contributed by atoms with Gasteiger partial charge in [0, 0.05) is 38.9 Å². The Morgan fingerprint density at radius 2 is 1.74 bits per heavy atom. The molecule has 6 rings (SSSR count). The normalized spacial score (nSPS) is 31.7. The highest BCUT2D eigenvalue weighted by Crippen LogP contribution is 2.53. The lowest BCUT2D eigenvalue weighted by atomic mass is 9.77. The number of rotatable bonds is 6. The fraction of sp³-hybridized carbons (Fsp3) is 0.444. The van der Waals surface area contributed by atoms with Gasteiger partial charge in [-0.2, -0.15) is 0 Å². The Balaban J connectivity index is 1.43. The maximum Gasteiger partial charge on any atom is 0.313 e. The number of carbonyl (C=O) groups excluding carboxylic acids is 4. The van der Waals surface area contributed by atoms with Crippen LogP contribution in [0.2, 0.25) is 0 Å². The summed E-state index contributed by atoms with van der Waals surface area (Å²) in [6, 6.07) is 14.7. The molecule has 0 saturated carbocycles. The molecular weight excluding hydrogens is 602 g/mol. The summed E-state index contributed by atoms with van der Waals surface area (Å²) in [7, 11) is 3.26. The topological polar surface area (TPSA) is 126 Å². The molecule has 4 heterocycles. The van der Waals surface area contributed by atoms with Crippen molar-refractivity contribution in [2.45, 2.75) is 56.1 Å². The molecule has 0 radical (unpaired) electrons.